The van der Waals surface area contributed by atoms with E-state index in [-0.39, 0.29) is 0 Å². The molecule has 0 atom stereocenters. The van der Waals surface area contributed by atoms with E-state index in [0.29, 0.717) is 0 Å². The predicted molar refractivity (Wildman–Crippen MR) is 140 cm³/mol. The van der Waals surface area contributed by atoms with Gasteiger partial charge in [-0.2, -0.15) is 0 Å². The Balaban J connectivity index is 1.48. The van der Waals surface area contributed by atoms with E-state index in [1.54, 1.807) is 0 Å². The molecule has 0 saturated heterocycles. The lowest BCUT2D eigenvalue weighted by Crippen LogP contribution is -1.92. The minimum Gasteiger partial charge on any atom is -0.355 e. The van der Waals surface area contributed by atoms with E-state index in [4.69, 9.17) is 0 Å². The minimum absolute atomic E-state index is 1.18. The topological polar surface area (TPSA) is 20.7 Å². The number of para-hydroxylation sites is 2. The summed E-state index contributed by atoms with van der Waals surface area (Å²) in [5.74, 6) is 0. The first-order valence-corrected chi connectivity index (χ1v) is 11.4. The van der Waals surface area contributed by atoms with Gasteiger partial charge in [-0.05, 0) is 72.6 Å². The van der Waals surface area contributed by atoms with Crippen molar-refractivity contribution < 1.29 is 0 Å². The number of fused-ring (bicyclic) bond motifs is 6. The molecule has 2 heteroatoms. The van der Waals surface area contributed by atoms with Gasteiger partial charge in [-0.3, -0.25) is 0 Å². The van der Waals surface area contributed by atoms with Crippen LogP contribution < -0.4 is 0 Å². The molecule has 2 aromatic heterocycles. The standard InChI is InChI=1S/C31H22N2/c1-20-11-14-28-25(17-20)26-18-21(12-15-29(26)32-28)22-13-16-31-27(19-22)24-9-5-6-10-30(24)33(31)23-7-3-2-4-8-23/h2-19,32H,1H3. The third kappa shape index (κ3) is 2.74. The van der Waals surface area contributed by atoms with Gasteiger partial charge in [-0.15, -0.1) is 0 Å². The van der Waals surface area contributed by atoms with Crippen LogP contribution in [0.2, 0.25) is 0 Å². The van der Waals surface area contributed by atoms with Crippen molar-refractivity contribution in [1.29, 1.82) is 0 Å². The van der Waals surface area contributed by atoms with Crippen molar-refractivity contribution in [2.24, 2.45) is 0 Å². The van der Waals surface area contributed by atoms with Crippen molar-refractivity contribution >= 4 is 43.6 Å². The number of hydrogen-bond donors (Lipinski definition) is 1. The quantitative estimate of drug-likeness (QED) is 0.289. The van der Waals surface area contributed by atoms with Gasteiger partial charge < -0.3 is 9.55 Å². The highest BCUT2D eigenvalue weighted by Crippen LogP contribution is 2.36. The maximum absolute atomic E-state index is 3.56. The zero-order chi connectivity index (χ0) is 21.9. The first-order chi connectivity index (χ1) is 16.3. The molecule has 2 nitrogen and oxygen atoms in total. The smallest absolute Gasteiger partial charge is 0.0541 e. The van der Waals surface area contributed by atoms with Gasteiger partial charge in [-0.25, -0.2) is 0 Å². The summed E-state index contributed by atoms with van der Waals surface area (Å²) in [5, 5.41) is 5.12. The molecule has 0 radical (unpaired) electrons. The van der Waals surface area contributed by atoms with Crippen molar-refractivity contribution in [2.45, 2.75) is 6.92 Å². The van der Waals surface area contributed by atoms with E-state index >= 15 is 0 Å². The SMILES string of the molecule is Cc1ccc2[nH]c3ccc(-c4ccc5c(c4)c4ccccc4n5-c4ccccc4)cc3c2c1. The number of nitrogens with zero attached hydrogens (tertiary/aromatic N) is 1. The molecule has 0 unspecified atom stereocenters. The first kappa shape index (κ1) is 18.3. The Bertz CT molecular complexity index is 1820. The van der Waals surface area contributed by atoms with Crippen molar-refractivity contribution in [3.63, 3.8) is 0 Å². The normalized spacial score (nSPS) is 11.8. The van der Waals surface area contributed by atoms with E-state index in [9.17, 15) is 0 Å². The Kier molecular flexibility index (Phi) is 3.80. The summed E-state index contributed by atoms with van der Waals surface area (Å²) in [7, 11) is 0. The lowest BCUT2D eigenvalue weighted by atomic mass is 10.0. The third-order valence-corrected chi connectivity index (χ3v) is 6.77. The number of benzene rings is 5. The second kappa shape index (κ2) is 6.85. The van der Waals surface area contributed by atoms with E-state index < -0.39 is 0 Å². The molecule has 0 aliphatic rings. The van der Waals surface area contributed by atoms with Crippen LogP contribution in [-0.4, -0.2) is 9.55 Å². The third-order valence-electron chi connectivity index (χ3n) is 6.77. The first-order valence-electron chi connectivity index (χ1n) is 11.4. The van der Waals surface area contributed by atoms with E-state index in [1.165, 1.54) is 66.0 Å². The zero-order valence-electron chi connectivity index (χ0n) is 18.3. The second-order valence-electron chi connectivity index (χ2n) is 8.85. The van der Waals surface area contributed by atoms with Crippen LogP contribution in [0.4, 0.5) is 0 Å². The van der Waals surface area contributed by atoms with Crippen LogP contribution in [0.15, 0.2) is 109 Å². The summed E-state index contributed by atoms with van der Waals surface area (Å²) in [6.45, 7) is 2.15. The molecule has 33 heavy (non-hydrogen) atoms. The van der Waals surface area contributed by atoms with E-state index in [0.717, 1.165) is 0 Å². The largest absolute Gasteiger partial charge is 0.355 e. The molecular formula is C31H22N2. The summed E-state index contributed by atoms with van der Waals surface area (Å²) < 4.78 is 2.36. The molecule has 0 aliphatic heterocycles. The molecular weight excluding hydrogens is 400 g/mol. The van der Waals surface area contributed by atoms with Gasteiger partial charge in [0.25, 0.3) is 0 Å². The van der Waals surface area contributed by atoms with Crippen LogP contribution in [0.25, 0.3) is 60.4 Å². The van der Waals surface area contributed by atoms with Gasteiger partial charge in [0.15, 0.2) is 0 Å². The highest BCUT2D eigenvalue weighted by Gasteiger charge is 2.13. The molecule has 0 aliphatic carbocycles. The molecule has 1 N–H and O–H groups in total. The lowest BCUT2D eigenvalue weighted by molar-refractivity contribution is 1.18. The highest BCUT2D eigenvalue weighted by molar-refractivity contribution is 6.11. The van der Waals surface area contributed by atoms with Crippen molar-refractivity contribution in [3.8, 4) is 16.8 Å². The Morgan fingerprint density at radius 2 is 1.15 bits per heavy atom. The van der Waals surface area contributed by atoms with Crippen LogP contribution in [-0.2, 0) is 0 Å². The van der Waals surface area contributed by atoms with Crippen LogP contribution >= 0.6 is 0 Å². The summed E-state index contributed by atoms with van der Waals surface area (Å²) in [6.07, 6.45) is 0. The number of rotatable bonds is 2. The fraction of sp³-hybridized carbons (Fsp3) is 0.0323. The number of aromatic amines is 1. The monoisotopic (exact) mass is 422 g/mol. The molecule has 0 saturated carbocycles. The molecule has 7 aromatic rings. The fourth-order valence-electron chi connectivity index (χ4n) is 5.20. The predicted octanol–water partition coefficient (Wildman–Crippen LogP) is 8.39. The molecule has 0 spiro atoms. The molecule has 7 rings (SSSR count). The van der Waals surface area contributed by atoms with Gasteiger partial charge in [0, 0.05) is 38.3 Å². The summed E-state index contributed by atoms with van der Waals surface area (Å²) in [6, 6.07) is 39.5. The number of nitrogens with one attached hydrogen (secondary N) is 1. The van der Waals surface area contributed by atoms with Gasteiger partial charge in [0.2, 0.25) is 0 Å². The molecule has 5 aromatic carbocycles. The molecule has 0 fully saturated rings. The van der Waals surface area contributed by atoms with Gasteiger partial charge in [0.1, 0.15) is 0 Å². The number of hydrogen-bond acceptors (Lipinski definition) is 0. The average molecular weight is 423 g/mol. The Hall–Kier alpha value is -4.30. The minimum atomic E-state index is 1.18. The van der Waals surface area contributed by atoms with Crippen molar-refractivity contribution in [1.82, 2.24) is 9.55 Å². The molecule has 2 heterocycles. The Morgan fingerprint density at radius 3 is 2.00 bits per heavy atom. The maximum Gasteiger partial charge on any atom is 0.0541 e. The maximum atomic E-state index is 3.56. The number of aryl methyl sites for hydroxylation is 1. The lowest BCUT2D eigenvalue weighted by Gasteiger charge is -2.08. The van der Waals surface area contributed by atoms with E-state index in [2.05, 4.69) is 126 Å². The highest BCUT2D eigenvalue weighted by atomic mass is 15.0. The summed E-state index contributed by atoms with van der Waals surface area (Å²) >= 11 is 0. The van der Waals surface area contributed by atoms with Crippen LogP contribution in [0.5, 0.6) is 0 Å². The molecule has 0 bridgehead atoms. The Morgan fingerprint density at radius 1 is 0.515 bits per heavy atom. The van der Waals surface area contributed by atoms with Crippen molar-refractivity contribution in [2.75, 3.05) is 0 Å². The van der Waals surface area contributed by atoms with Crippen LogP contribution in [0.3, 0.4) is 0 Å². The van der Waals surface area contributed by atoms with Gasteiger partial charge in [-0.1, -0.05) is 60.2 Å². The molecule has 0 amide bonds. The Labute approximate surface area is 191 Å². The van der Waals surface area contributed by atoms with Crippen LogP contribution in [0, 0.1) is 6.92 Å². The van der Waals surface area contributed by atoms with Crippen LogP contribution in [0.1, 0.15) is 5.56 Å². The van der Waals surface area contributed by atoms with Gasteiger partial charge in [0.05, 0.1) is 11.0 Å². The number of H-pyrrole nitrogens is 1. The summed E-state index contributed by atoms with van der Waals surface area (Å²) in [5.41, 5.74) is 9.78. The van der Waals surface area contributed by atoms with Gasteiger partial charge >= 0.3 is 0 Å². The second-order valence-corrected chi connectivity index (χ2v) is 8.85. The van der Waals surface area contributed by atoms with Crippen molar-refractivity contribution in [3.05, 3.63) is 115 Å². The van der Waals surface area contributed by atoms with E-state index in [1.807, 2.05) is 0 Å². The summed E-state index contributed by atoms with van der Waals surface area (Å²) in [4.78, 5) is 3.56. The zero-order valence-corrected chi connectivity index (χ0v) is 18.3. The molecule has 156 valence electrons. The number of aromatic nitrogens is 2. The fourth-order valence-corrected chi connectivity index (χ4v) is 5.20. The average Bonchev–Trinajstić information content (AvgIpc) is 3.39.